The van der Waals surface area contributed by atoms with Gasteiger partial charge < -0.3 is 10.1 Å². The van der Waals surface area contributed by atoms with Crippen molar-refractivity contribution >= 4 is 30.3 Å². The molecular formula is C27H27NO4. The molecule has 3 rings (SSSR count). The molecular weight excluding hydrogens is 402 g/mol. The summed E-state index contributed by atoms with van der Waals surface area (Å²) in [6.45, 7) is 9.09. The number of allylic oxidation sites excluding steroid dienone is 1. The third kappa shape index (κ3) is 9.98. The van der Waals surface area contributed by atoms with Gasteiger partial charge in [-0.25, -0.2) is 0 Å². The zero-order valence-corrected chi connectivity index (χ0v) is 18.3. The number of aryl methyl sites for hydroxylation is 1. The van der Waals surface area contributed by atoms with Crippen molar-refractivity contribution in [1.29, 1.82) is 0 Å². The Bertz CT molecular complexity index is 1010. The first-order valence-electron chi connectivity index (χ1n) is 9.74. The summed E-state index contributed by atoms with van der Waals surface area (Å²) >= 11 is 0. The molecule has 1 N–H and O–H groups in total. The largest absolute Gasteiger partial charge is 0.455 e. The fourth-order valence-electron chi connectivity index (χ4n) is 2.24. The summed E-state index contributed by atoms with van der Waals surface area (Å²) in [5, 5.41) is 3.05. The summed E-state index contributed by atoms with van der Waals surface area (Å²) in [5.74, 6) is 0.323. The number of nitrogens with one attached hydrogen (secondary N) is 1. The molecule has 3 aromatic carbocycles. The second kappa shape index (κ2) is 14.7. The summed E-state index contributed by atoms with van der Waals surface area (Å²) in [5.41, 5.74) is 4.46. The molecule has 0 aliphatic rings. The minimum Gasteiger partial charge on any atom is -0.455 e. The van der Waals surface area contributed by atoms with Crippen LogP contribution in [0.15, 0.2) is 97.8 Å². The highest BCUT2D eigenvalue weighted by Gasteiger charge is 2.01. The van der Waals surface area contributed by atoms with E-state index in [1.165, 1.54) is 11.3 Å². The fraction of sp³-hybridized carbons (Fsp3) is 0.0741. The Morgan fingerprint density at radius 2 is 1.31 bits per heavy atom. The van der Waals surface area contributed by atoms with Crippen LogP contribution in [0.2, 0.25) is 0 Å². The predicted octanol–water partition coefficient (Wildman–Crippen LogP) is 5.73. The minimum atomic E-state index is -0.000496. The van der Waals surface area contributed by atoms with Crippen LogP contribution in [0.3, 0.4) is 0 Å². The first kappa shape index (κ1) is 25.8. The van der Waals surface area contributed by atoms with Gasteiger partial charge in [0.2, 0.25) is 0 Å². The lowest BCUT2D eigenvalue weighted by molar-refractivity contribution is -0.106. The van der Waals surface area contributed by atoms with Gasteiger partial charge in [0.1, 0.15) is 18.3 Å². The molecule has 5 heteroatoms. The molecule has 0 radical (unpaired) electrons. The maximum absolute atomic E-state index is 10.4. The topological polar surface area (TPSA) is 72.5 Å². The molecule has 3 aromatic rings. The predicted molar refractivity (Wildman–Crippen MR) is 130 cm³/mol. The van der Waals surface area contributed by atoms with Crippen LogP contribution in [0.1, 0.15) is 31.8 Å². The number of aldehydes is 3. The van der Waals surface area contributed by atoms with Crippen LogP contribution in [-0.2, 0) is 9.53 Å². The van der Waals surface area contributed by atoms with E-state index in [0.717, 1.165) is 18.1 Å². The molecule has 0 unspecified atom stereocenters. The quantitative estimate of drug-likeness (QED) is 0.295. The molecule has 0 fully saturated rings. The van der Waals surface area contributed by atoms with E-state index in [4.69, 9.17) is 4.74 Å². The number of ether oxygens (including phenoxy) is 1. The van der Waals surface area contributed by atoms with Gasteiger partial charge in [-0.15, -0.1) is 0 Å². The Morgan fingerprint density at radius 1 is 0.781 bits per heavy atom. The normalized spacial score (nSPS) is 8.94. The SMILES string of the molecule is C=C(C=O)OC(=C)c1ccc(C=O)cc1.CNc1ccc(C)cc1.O=Cc1ccccc1. The zero-order chi connectivity index (χ0) is 23.8. The Morgan fingerprint density at radius 3 is 1.75 bits per heavy atom. The van der Waals surface area contributed by atoms with Gasteiger partial charge in [0.15, 0.2) is 12.0 Å². The van der Waals surface area contributed by atoms with E-state index < -0.39 is 0 Å². The number of carbonyl (C=O) groups is 3. The zero-order valence-electron chi connectivity index (χ0n) is 18.3. The molecule has 5 nitrogen and oxygen atoms in total. The van der Waals surface area contributed by atoms with Gasteiger partial charge in [-0.05, 0) is 19.1 Å². The van der Waals surface area contributed by atoms with E-state index in [1.807, 2.05) is 25.2 Å². The lowest BCUT2D eigenvalue weighted by Gasteiger charge is -2.06. The highest BCUT2D eigenvalue weighted by atomic mass is 16.5. The Kier molecular flexibility index (Phi) is 11.8. The summed E-state index contributed by atoms with van der Waals surface area (Å²) in [6, 6.07) is 24.1. The fourth-order valence-corrected chi connectivity index (χ4v) is 2.24. The second-order valence-electron chi connectivity index (χ2n) is 6.49. The van der Waals surface area contributed by atoms with Crippen molar-refractivity contribution in [2.24, 2.45) is 0 Å². The average Bonchev–Trinajstić information content (AvgIpc) is 2.85. The van der Waals surface area contributed by atoms with Crippen molar-refractivity contribution in [2.75, 3.05) is 12.4 Å². The molecule has 0 amide bonds. The Balaban J connectivity index is 0.000000257. The van der Waals surface area contributed by atoms with Crippen molar-refractivity contribution in [3.63, 3.8) is 0 Å². The number of hydrogen-bond donors (Lipinski definition) is 1. The van der Waals surface area contributed by atoms with Crippen LogP contribution < -0.4 is 5.32 Å². The highest BCUT2D eigenvalue weighted by Crippen LogP contribution is 2.16. The van der Waals surface area contributed by atoms with Crippen LogP contribution in [-0.4, -0.2) is 25.9 Å². The summed E-state index contributed by atoms with van der Waals surface area (Å²) in [7, 11) is 1.92. The number of benzene rings is 3. The molecule has 0 aromatic heterocycles. The summed E-state index contributed by atoms with van der Waals surface area (Å²) in [6.07, 6.45) is 2.09. The van der Waals surface area contributed by atoms with Crippen LogP contribution in [0.4, 0.5) is 5.69 Å². The van der Waals surface area contributed by atoms with E-state index in [-0.39, 0.29) is 5.76 Å². The number of hydrogen-bond acceptors (Lipinski definition) is 5. The Hall–Kier alpha value is -4.25. The van der Waals surface area contributed by atoms with Gasteiger partial charge in [-0.2, -0.15) is 0 Å². The molecule has 0 saturated carbocycles. The van der Waals surface area contributed by atoms with Crippen LogP contribution in [0.25, 0.3) is 5.76 Å². The molecule has 0 spiro atoms. The van der Waals surface area contributed by atoms with Gasteiger partial charge in [-0.3, -0.25) is 14.4 Å². The lowest BCUT2D eigenvalue weighted by Crippen LogP contribution is -1.92. The third-order valence-corrected chi connectivity index (χ3v) is 4.03. The van der Waals surface area contributed by atoms with E-state index in [0.29, 0.717) is 23.2 Å². The smallest absolute Gasteiger partial charge is 0.184 e. The van der Waals surface area contributed by atoms with Gasteiger partial charge >= 0.3 is 0 Å². The van der Waals surface area contributed by atoms with Crippen LogP contribution in [0, 0.1) is 6.92 Å². The molecule has 0 bridgehead atoms. The first-order chi connectivity index (χ1) is 15.4. The minimum absolute atomic E-state index is 0.000496. The first-order valence-corrected chi connectivity index (χ1v) is 9.74. The lowest BCUT2D eigenvalue weighted by atomic mass is 10.1. The van der Waals surface area contributed by atoms with Crippen LogP contribution in [0.5, 0.6) is 0 Å². The van der Waals surface area contributed by atoms with Gasteiger partial charge in [0, 0.05) is 29.4 Å². The van der Waals surface area contributed by atoms with Crippen molar-refractivity contribution < 1.29 is 19.1 Å². The third-order valence-electron chi connectivity index (χ3n) is 4.03. The van der Waals surface area contributed by atoms with Gasteiger partial charge in [-0.1, -0.05) is 85.5 Å². The second-order valence-corrected chi connectivity index (χ2v) is 6.49. The van der Waals surface area contributed by atoms with Gasteiger partial charge in [0.25, 0.3) is 0 Å². The summed E-state index contributed by atoms with van der Waals surface area (Å²) in [4.78, 5) is 30.7. The number of anilines is 1. The van der Waals surface area contributed by atoms with E-state index in [1.54, 1.807) is 36.4 Å². The van der Waals surface area contributed by atoms with E-state index in [2.05, 4.69) is 49.7 Å². The molecule has 164 valence electrons. The monoisotopic (exact) mass is 429 g/mol. The van der Waals surface area contributed by atoms with Crippen molar-refractivity contribution in [3.05, 3.63) is 120 Å². The molecule has 0 atom stereocenters. The standard InChI is InChI=1S/C12H10O3.C8H11N.C7H6O/c1-9(7-13)15-10(2)12-5-3-11(8-14)4-6-12;1-7-3-5-8(9-2)6-4-7;8-6-7-4-2-1-3-5-7/h3-8H,1-2H2;3-6,9H,1-2H3;1-6H. The van der Waals surface area contributed by atoms with Crippen LogP contribution >= 0.6 is 0 Å². The van der Waals surface area contributed by atoms with Crippen molar-refractivity contribution in [3.8, 4) is 0 Å². The maximum Gasteiger partial charge on any atom is 0.184 e. The Labute approximate surface area is 189 Å². The number of rotatable bonds is 7. The molecule has 0 aliphatic heterocycles. The molecule has 0 saturated heterocycles. The highest BCUT2D eigenvalue weighted by molar-refractivity contribution is 5.76. The molecule has 32 heavy (non-hydrogen) atoms. The van der Waals surface area contributed by atoms with Crippen molar-refractivity contribution in [2.45, 2.75) is 6.92 Å². The van der Waals surface area contributed by atoms with Crippen molar-refractivity contribution in [1.82, 2.24) is 0 Å². The number of carbonyl (C=O) groups excluding carboxylic acids is 3. The molecule has 0 heterocycles. The summed E-state index contributed by atoms with van der Waals surface area (Å²) < 4.78 is 5.01. The van der Waals surface area contributed by atoms with E-state index in [9.17, 15) is 14.4 Å². The maximum atomic E-state index is 10.4. The van der Waals surface area contributed by atoms with Gasteiger partial charge in [0.05, 0.1) is 0 Å². The van der Waals surface area contributed by atoms with E-state index >= 15 is 0 Å². The average molecular weight is 430 g/mol. The molecule has 0 aliphatic carbocycles.